The number of benzene rings is 1. The van der Waals surface area contributed by atoms with Gasteiger partial charge in [-0.15, -0.1) is 10.2 Å². The summed E-state index contributed by atoms with van der Waals surface area (Å²) in [7, 11) is 0. The number of hydrogen-bond donors (Lipinski definition) is 1. The molecule has 4 nitrogen and oxygen atoms in total. The normalized spacial score (nSPS) is 21.1. The first-order valence-electron chi connectivity index (χ1n) is 7.38. The lowest BCUT2D eigenvalue weighted by Crippen LogP contribution is -2.25. The molecule has 1 aliphatic carbocycles. The van der Waals surface area contributed by atoms with Crippen molar-refractivity contribution >= 4 is 0 Å². The van der Waals surface area contributed by atoms with Crippen molar-refractivity contribution in [3.05, 3.63) is 47.0 Å². The van der Waals surface area contributed by atoms with Gasteiger partial charge in [0.2, 0.25) is 0 Å². The van der Waals surface area contributed by atoms with Gasteiger partial charge in [0.25, 0.3) is 0 Å². The van der Waals surface area contributed by atoms with Gasteiger partial charge >= 0.3 is 0 Å². The van der Waals surface area contributed by atoms with Crippen LogP contribution in [0.1, 0.15) is 42.4 Å². The summed E-state index contributed by atoms with van der Waals surface area (Å²) in [5, 5.41) is 11.9. The van der Waals surface area contributed by atoms with Crippen LogP contribution >= 0.6 is 0 Å². The molecule has 0 fully saturated rings. The zero-order chi connectivity index (χ0) is 14.1. The van der Waals surface area contributed by atoms with E-state index in [1.807, 2.05) is 0 Å². The molecule has 0 saturated carbocycles. The molecule has 1 aromatic heterocycles. The smallest absolute Gasteiger partial charge is 0.146 e. The van der Waals surface area contributed by atoms with Gasteiger partial charge < -0.3 is 9.88 Å². The van der Waals surface area contributed by atoms with Gasteiger partial charge in [0.1, 0.15) is 12.2 Å². The first-order chi connectivity index (χ1) is 9.69. The van der Waals surface area contributed by atoms with Gasteiger partial charge in [-0.25, -0.2) is 0 Å². The maximum Gasteiger partial charge on any atom is 0.146 e. The molecule has 1 aliphatic rings. The summed E-state index contributed by atoms with van der Waals surface area (Å²) in [6, 6.07) is 7.23. The molecule has 2 aromatic rings. The highest BCUT2D eigenvalue weighted by atomic mass is 15.3. The van der Waals surface area contributed by atoms with Crippen molar-refractivity contribution in [1.29, 1.82) is 0 Å². The summed E-state index contributed by atoms with van der Waals surface area (Å²) < 4.78 is 2.09. The first kappa shape index (κ1) is 13.3. The molecule has 106 valence electrons. The predicted octanol–water partition coefficient (Wildman–Crippen LogP) is 2.63. The lowest BCUT2D eigenvalue weighted by atomic mass is 10.0. The average Bonchev–Trinajstić information content (AvgIpc) is 3.00. The minimum Gasteiger partial charge on any atom is -0.317 e. The third kappa shape index (κ3) is 2.36. The van der Waals surface area contributed by atoms with Crippen molar-refractivity contribution in [2.24, 2.45) is 5.92 Å². The number of nitrogens with zero attached hydrogens (tertiary/aromatic N) is 3. The molecular formula is C16H22N4. The van der Waals surface area contributed by atoms with Crippen LogP contribution in [0, 0.1) is 12.8 Å². The molecule has 1 N–H and O–H groups in total. The molecular weight excluding hydrogens is 248 g/mol. The van der Waals surface area contributed by atoms with Crippen molar-refractivity contribution in [1.82, 2.24) is 20.1 Å². The van der Waals surface area contributed by atoms with Crippen LogP contribution < -0.4 is 5.32 Å². The van der Waals surface area contributed by atoms with E-state index in [9.17, 15) is 0 Å². The highest BCUT2D eigenvalue weighted by Gasteiger charge is 2.29. The summed E-state index contributed by atoms with van der Waals surface area (Å²) >= 11 is 0. The van der Waals surface area contributed by atoms with E-state index < -0.39 is 0 Å². The molecule has 0 aliphatic heterocycles. The summed E-state index contributed by atoms with van der Waals surface area (Å²) in [6.45, 7) is 8.28. The fourth-order valence-electron chi connectivity index (χ4n) is 3.15. The molecule has 4 heteroatoms. The van der Waals surface area contributed by atoms with Gasteiger partial charge in [0, 0.05) is 12.6 Å². The third-order valence-electron chi connectivity index (χ3n) is 4.26. The Bertz CT molecular complexity index is 602. The lowest BCUT2D eigenvalue weighted by Gasteiger charge is -2.19. The van der Waals surface area contributed by atoms with Crippen LogP contribution in [-0.4, -0.2) is 14.8 Å². The second kappa shape index (κ2) is 5.37. The van der Waals surface area contributed by atoms with Crippen LogP contribution in [0.15, 0.2) is 24.5 Å². The van der Waals surface area contributed by atoms with Gasteiger partial charge in [-0.1, -0.05) is 30.7 Å². The van der Waals surface area contributed by atoms with Crippen LogP contribution in [0.4, 0.5) is 0 Å². The van der Waals surface area contributed by atoms with Crippen LogP contribution in [0.3, 0.4) is 0 Å². The van der Waals surface area contributed by atoms with Gasteiger partial charge in [-0.05, 0) is 37.3 Å². The minimum absolute atomic E-state index is 0.423. The van der Waals surface area contributed by atoms with Crippen LogP contribution in [0.5, 0.6) is 0 Å². The van der Waals surface area contributed by atoms with Crippen molar-refractivity contribution in [3.8, 4) is 0 Å². The monoisotopic (exact) mass is 270 g/mol. The zero-order valence-corrected chi connectivity index (χ0v) is 12.4. The van der Waals surface area contributed by atoms with Crippen LogP contribution in [0.25, 0.3) is 0 Å². The molecule has 2 atom stereocenters. The van der Waals surface area contributed by atoms with E-state index in [2.05, 4.69) is 59.1 Å². The highest BCUT2D eigenvalue weighted by Crippen LogP contribution is 2.36. The Kier molecular flexibility index (Phi) is 3.57. The Labute approximate surface area is 120 Å². The number of fused-ring (bicyclic) bond motifs is 1. The third-order valence-corrected chi connectivity index (χ3v) is 4.26. The van der Waals surface area contributed by atoms with Crippen molar-refractivity contribution < 1.29 is 0 Å². The molecule has 0 amide bonds. The zero-order valence-electron chi connectivity index (χ0n) is 12.4. The second-order valence-electron chi connectivity index (χ2n) is 5.78. The maximum atomic E-state index is 4.20. The van der Waals surface area contributed by atoms with Gasteiger partial charge in [-0.2, -0.15) is 0 Å². The Balaban J connectivity index is 1.77. The first-order valence-corrected chi connectivity index (χ1v) is 7.38. The number of aryl methyl sites for hydroxylation is 2. The maximum absolute atomic E-state index is 4.20. The van der Waals surface area contributed by atoms with E-state index in [0.29, 0.717) is 12.0 Å². The molecule has 0 radical (unpaired) electrons. The molecule has 1 heterocycles. The molecule has 0 saturated heterocycles. The highest BCUT2D eigenvalue weighted by molar-refractivity contribution is 5.38. The summed E-state index contributed by atoms with van der Waals surface area (Å²) in [5.74, 6) is 1.64. The van der Waals surface area contributed by atoms with Gasteiger partial charge in [0.15, 0.2) is 0 Å². The summed E-state index contributed by atoms with van der Waals surface area (Å²) in [4.78, 5) is 0. The molecule has 3 rings (SSSR count). The minimum atomic E-state index is 0.423. The molecule has 0 spiro atoms. The molecule has 1 aromatic carbocycles. The Morgan fingerprint density at radius 3 is 3.05 bits per heavy atom. The van der Waals surface area contributed by atoms with Gasteiger partial charge in [-0.3, -0.25) is 0 Å². The Hall–Kier alpha value is -1.68. The van der Waals surface area contributed by atoms with Gasteiger partial charge in [0.05, 0.1) is 6.54 Å². The van der Waals surface area contributed by atoms with E-state index in [0.717, 1.165) is 25.3 Å². The molecule has 0 bridgehead atoms. The topological polar surface area (TPSA) is 42.7 Å². The number of hydrogen-bond acceptors (Lipinski definition) is 3. The fraction of sp³-hybridized carbons (Fsp3) is 0.500. The summed E-state index contributed by atoms with van der Waals surface area (Å²) in [6.07, 6.45) is 2.96. The number of rotatable bonds is 4. The largest absolute Gasteiger partial charge is 0.317 e. The fourth-order valence-corrected chi connectivity index (χ4v) is 3.15. The second-order valence-corrected chi connectivity index (χ2v) is 5.78. The average molecular weight is 270 g/mol. The predicted molar refractivity (Wildman–Crippen MR) is 79.3 cm³/mol. The SMILES string of the molecule is CCn1cnnc1CN[C@@H]1c2cc(C)ccc2C[C@H]1C. The molecule has 0 unspecified atom stereocenters. The van der Waals surface area contributed by atoms with E-state index in [1.165, 1.54) is 16.7 Å². The van der Waals surface area contributed by atoms with Crippen molar-refractivity contribution in [2.75, 3.05) is 0 Å². The molecule has 20 heavy (non-hydrogen) atoms. The summed E-state index contributed by atoms with van der Waals surface area (Å²) in [5.41, 5.74) is 4.28. The standard InChI is InChI=1S/C16H22N4/c1-4-20-10-18-19-15(20)9-17-16-12(3)8-13-6-5-11(2)7-14(13)16/h5-7,10,12,16-17H,4,8-9H2,1-3H3/t12-,16+/m1/s1. The van der Waals surface area contributed by atoms with Crippen molar-refractivity contribution in [2.45, 2.75) is 46.3 Å². The van der Waals surface area contributed by atoms with Crippen molar-refractivity contribution in [3.63, 3.8) is 0 Å². The van der Waals surface area contributed by atoms with E-state index in [-0.39, 0.29) is 0 Å². The Morgan fingerprint density at radius 2 is 2.25 bits per heavy atom. The lowest BCUT2D eigenvalue weighted by molar-refractivity contribution is 0.406. The number of nitrogens with one attached hydrogen (secondary N) is 1. The number of aromatic nitrogens is 3. The van der Waals surface area contributed by atoms with E-state index >= 15 is 0 Å². The van der Waals surface area contributed by atoms with Crippen LogP contribution in [0.2, 0.25) is 0 Å². The quantitative estimate of drug-likeness (QED) is 0.928. The van der Waals surface area contributed by atoms with E-state index in [4.69, 9.17) is 0 Å². The Morgan fingerprint density at radius 1 is 1.40 bits per heavy atom. The van der Waals surface area contributed by atoms with Crippen LogP contribution in [-0.2, 0) is 19.5 Å². The van der Waals surface area contributed by atoms with E-state index in [1.54, 1.807) is 6.33 Å².